The number of nitro groups is 1. The highest BCUT2D eigenvalue weighted by molar-refractivity contribution is 6.00. The molecule has 0 saturated carbocycles. The molecule has 19 heavy (non-hydrogen) atoms. The van der Waals surface area contributed by atoms with Crippen LogP contribution >= 0.6 is 0 Å². The number of piperazine rings is 1. The molecular formula is C12H14N4O3. The summed E-state index contributed by atoms with van der Waals surface area (Å²) in [4.78, 5) is 24.7. The van der Waals surface area contributed by atoms with Crippen LogP contribution in [-0.2, 0) is 0 Å². The Bertz CT molecular complexity index is 533. The van der Waals surface area contributed by atoms with Crippen molar-refractivity contribution >= 4 is 11.6 Å². The van der Waals surface area contributed by atoms with E-state index in [9.17, 15) is 14.9 Å². The molecule has 2 unspecified atom stereocenters. The van der Waals surface area contributed by atoms with Crippen LogP contribution in [-0.4, -0.2) is 42.7 Å². The Morgan fingerprint density at radius 1 is 1.26 bits per heavy atom. The Kier molecular flexibility index (Phi) is 2.83. The lowest BCUT2D eigenvalue weighted by Gasteiger charge is -2.38. The lowest BCUT2D eigenvalue weighted by molar-refractivity contribution is -0.521. The molecule has 2 aliphatic rings. The summed E-state index contributed by atoms with van der Waals surface area (Å²) in [5.74, 6) is -0.174. The molecule has 0 aliphatic carbocycles. The molecule has 0 spiro atoms. The fourth-order valence-electron chi connectivity index (χ4n) is 2.72. The first-order valence-corrected chi connectivity index (χ1v) is 6.18. The van der Waals surface area contributed by atoms with Crippen molar-refractivity contribution in [3.63, 3.8) is 0 Å². The van der Waals surface area contributed by atoms with Crippen molar-refractivity contribution in [3.05, 3.63) is 39.9 Å². The van der Waals surface area contributed by atoms with Crippen LogP contribution in [0.1, 0.15) is 10.4 Å². The fourth-order valence-corrected chi connectivity index (χ4v) is 2.72. The molecule has 2 heterocycles. The maximum absolute atomic E-state index is 12.0. The first kappa shape index (κ1) is 11.9. The van der Waals surface area contributed by atoms with Crippen molar-refractivity contribution in [1.82, 2.24) is 10.6 Å². The summed E-state index contributed by atoms with van der Waals surface area (Å²) in [6.07, 6.45) is -0.840. The summed E-state index contributed by atoms with van der Waals surface area (Å²) in [6, 6.07) is 6.94. The number of nitrogens with zero attached hydrogens (tertiary/aromatic N) is 2. The summed E-state index contributed by atoms with van der Waals surface area (Å²) in [6.45, 7) is 1.32. The average Bonchev–Trinajstić information content (AvgIpc) is 2.57. The van der Waals surface area contributed by atoms with E-state index in [1.54, 1.807) is 29.2 Å². The van der Waals surface area contributed by atoms with Crippen LogP contribution in [0.4, 0.5) is 5.69 Å². The minimum Gasteiger partial charge on any atom is -0.350 e. The molecule has 1 aromatic rings. The van der Waals surface area contributed by atoms with Crippen molar-refractivity contribution in [3.8, 4) is 0 Å². The van der Waals surface area contributed by atoms with Crippen molar-refractivity contribution in [2.45, 2.75) is 12.2 Å². The predicted octanol–water partition coefficient (Wildman–Crippen LogP) is -0.189. The van der Waals surface area contributed by atoms with Crippen LogP contribution in [0.25, 0.3) is 0 Å². The molecule has 100 valence electrons. The number of anilines is 1. The number of amides is 1. The highest BCUT2D eigenvalue weighted by atomic mass is 16.6. The third-order valence-corrected chi connectivity index (χ3v) is 3.59. The lowest BCUT2D eigenvalue weighted by atomic mass is 10.1. The maximum Gasteiger partial charge on any atom is 0.299 e. The molecule has 0 aromatic heterocycles. The number of rotatable bonds is 1. The molecule has 2 aliphatic heterocycles. The molecule has 3 rings (SSSR count). The van der Waals surface area contributed by atoms with Gasteiger partial charge in [0.05, 0.1) is 23.8 Å². The summed E-state index contributed by atoms with van der Waals surface area (Å²) in [5, 5.41) is 17.1. The Morgan fingerprint density at radius 2 is 2.05 bits per heavy atom. The number of hydrogen-bond donors (Lipinski definition) is 2. The van der Waals surface area contributed by atoms with Crippen LogP contribution in [0.5, 0.6) is 0 Å². The lowest BCUT2D eigenvalue weighted by Crippen LogP contribution is -2.62. The molecule has 7 nitrogen and oxygen atoms in total. The first-order chi connectivity index (χ1) is 9.18. The predicted molar refractivity (Wildman–Crippen MR) is 68.7 cm³/mol. The van der Waals surface area contributed by atoms with E-state index in [-0.39, 0.29) is 23.4 Å². The number of carbonyl (C=O) groups is 1. The Labute approximate surface area is 109 Å². The molecule has 1 aromatic carbocycles. The monoisotopic (exact) mass is 262 g/mol. The van der Waals surface area contributed by atoms with E-state index >= 15 is 0 Å². The van der Waals surface area contributed by atoms with E-state index in [1.807, 2.05) is 0 Å². The highest BCUT2D eigenvalue weighted by Crippen LogP contribution is 2.28. The van der Waals surface area contributed by atoms with Crippen LogP contribution in [0, 0.1) is 10.1 Å². The Balaban J connectivity index is 2.11. The zero-order valence-corrected chi connectivity index (χ0v) is 10.2. The number of carbonyl (C=O) groups excluding carboxylic acids is 1. The summed E-state index contributed by atoms with van der Waals surface area (Å²) >= 11 is 0. The summed E-state index contributed by atoms with van der Waals surface area (Å²) < 4.78 is 0. The number of hydrogen-bond acceptors (Lipinski definition) is 5. The van der Waals surface area contributed by atoms with Gasteiger partial charge in [-0.1, -0.05) is 12.1 Å². The third-order valence-electron chi connectivity index (χ3n) is 3.59. The molecule has 1 saturated heterocycles. The molecule has 1 fully saturated rings. The summed E-state index contributed by atoms with van der Waals surface area (Å²) in [5.41, 5.74) is 1.14. The zero-order chi connectivity index (χ0) is 13.4. The van der Waals surface area contributed by atoms with Crippen molar-refractivity contribution in [2.75, 3.05) is 24.5 Å². The summed E-state index contributed by atoms with van der Waals surface area (Å²) in [7, 11) is 0. The molecule has 2 N–H and O–H groups in total. The van der Waals surface area contributed by atoms with Crippen LogP contribution < -0.4 is 15.5 Å². The fraction of sp³-hybridized carbons (Fsp3) is 0.417. The molecule has 2 atom stereocenters. The maximum atomic E-state index is 12.0. The average molecular weight is 262 g/mol. The van der Waals surface area contributed by atoms with Gasteiger partial charge in [-0.25, -0.2) is 0 Å². The van der Waals surface area contributed by atoms with Crippen LogP contribution in [0.2, 0.25) is 0 Å². The van der Waals surface area contributed by atoms with Crippen LogP contribution in [0.3, 0.4) is 0 Å². The zero-order valence-electron chi connectivity index (χ0n) is 10.2. The molecule has 0 bridgehead atoms. The third kappa shape index (κ3) is 1.91. The van der Waals surface area contributed by atoms with E-state index in [0.29, 0.717) is 24.3 Å². The number of benzene rings is 1. The second-order valence-corrected chi connectivity index (χ2v) is 4.71. The van der Waals surface area contributed by atoms with Crippen LogP contribution in [0.15, 0.2) is 24.3 Å². The van der Waals surface area contributed by atoms with E-state index in [2.05, 4.69) is 10.6 Å². The van der Waals surface area contributed by atoms with Gasteiger partial charge in [0.25, 0.3) is 12.1 Å². The van der Waals surface area contributed by atoms with Gasteiger partial charge < -0.3 is 15.5 Å². The van der Waals surface area contributed by atoms with Gasteiger partial charge in [0.1, 0.15) is 0 Å². The number of nitrogens with one attached hydrogen (secondary N) is 2. The van der Waals surface area contributed by atoms with Crippen molar-refractivity contribution in [1.29, 1.82) is 0 Å². The van der Waals surface area contributed by atoms with Gasteiger partial charge in [-0.05, 0) is 12.1 Å². The Morgan fingerprint density at radius 3 is 2.84 bits per heavy atom. The van der Waals surface area contributed by atoms with E-state index < -0.39 is 6.17 Å². The topological polar surface area (TPSA) is 87.5 Å². The van der Waals surface area contributed by atoms with E-state index in [4.69, 9.17) is 0 Å². The van der Waals surface area contributed by atoms with Gasteiger partial charge in [-0.3, -0.25) is 14.9 Å². The largest absolute Gasteiger partial charge is 0.350 e. The molecule has 7 heteroatoms. The number of fused-ring (bicyclic) bond motifs is 3. The van der Waals surface area contributed by atoms with Gasteiger partial charge in [0.2, 0.25) is 0 Å². The van der Waals surface area contributed by atoms with Gasteiger partial charge in [0, 0.05) is 18.0 Å². The SMILES string of the molecule is O=C1NCC2CNCC([N+](=O)[O-])N2c2ccccc21. The minimum absolute atomic E-state index is 0.100. The van der Waals surface area contributed by atoms with E-state index in [1.165, 1.54) is 0 Å². The molecule has 0 radical (unpaired) electrons. The Hall–Kier alpha value is -2.15. The molecular weight excluding hydrogens is 248 g/mol. The first-order valence-electron chi connectivity index (χ1n) is 6.18. The van der Waals surface area contributed by atoms with Gasteiger partial charge in [-0.15, -0.1) is 0 Å². The smallest absolute Gasteiger partial charge is 0.299 e. The van der Waals surface area contributed by atoms with E-state index in [0.717, 1.165) is 0 Å². The number of para-hydroxylation sites is 1. The minimum atomic E-state index is -0.840. The second kappa shape index (κ2) is 4.51. The van der Waals surface area contributed by atoms with Crippen molar-refractivity contribution < 1.29 is 9.72 Å². The van der Waals surface area contributed by atoms with Gasteiger partial charge >= 0.3 is 0 Å². The normalized spacial score (nSPS) is 25.9. The quantitative estimate of drug-likeness (QED) is 0.541. The second-order valence-electron chi connectivity index (χ2n) is 4.71. The van der Waals surface area contributed by atoms with Gasteiger partial charge in [0.15, 0.2) is 0 Å². The van der Waals surface area contributed by atoms with Crippen molar-refractivity contribution in [2.24, 2.45) is 0 Å². The standard InChI is InChI=1S/C12H14N4O3/c17-12-9-3-1-2-4-10(9)15-8(6-14-12)5-13-7-11(15)16(18)19/h1-4,8,11,13H,5-7H2,(H,14,17). The molecule has 1 amide bonds. The highest BCUT2D eigenvalue weighted by Gasteiger charge is 2.41. The van der Waals surface area contributed by atoms with Gasteiger partial charge in [-0.2, -0.15) is 0 Å².